The minimum absolute atomic E-state index is 0.00343. The van der Waals surface area contributed by atoms with Crippen LogP contribution in [0.5, 0.6) is 17.2 Å². The van der Waals surface area contributed by atoms with Crippen LogP contribution >= 0.6 is 27.5 Å². The van der Waals surface area contributed by atoms with Crippen LogP contribution in [0.4, 0.5) is 17.1 Å². The first kappa shape index (κ1) is 48.7. The van der Waals surface area contributed by atoms with Crippen LogP contribution in [-0.4, -0.2) is 107 Å². The van der Waals surface area contributed by atoms with E-state index in [4.69, 9.17) is 30.5 Å². The van der Waals surface area contributed by atoms with Gasteiger partial charge in [0, 0.05) is 80.2 Å². The highest BCUT2D eigenvalue weighted by atomic mass is 79.9. The van der Waals surface area contributed by atoms with E-state index in [0.717, 1.165) is 69.0 Å². The molecule has 346 valence electrons. The van der Waals surface area contributed by atoms with Gasteiger partial charge in [0.1, 0.15) is 28.5 Å². The van der Waals surface area contributed by atoms with Crippen molar-refractivity contribution in [1.82, 2.24) is 10.6 Å². The van der Waals surface area contributed by atoms with Crippen molar-refractivity contribution in [1.29, 1.82) is 0 Å². The molecule has 4 fully saturated rings. The zero-order chi connectivity index (χ0) is 44.8. The van der Waals surface area contributed by atoms with Crippen molar-refractivity contribution in [2.45, 2.75) is 76.7 Å². The van der Waals surface area contributed by atoms with Crippen molar-refractivity contribution in [3.63, 3.8) is 0 Å². The van der Waals surface area contributed by atoms with Gasteiger partial charge in [-0.1, -0.05) is 40.2 Å². The Balaban J connectivity index is 0.000000162. The first-order chi connectivity index (χ1) is 31.4. The molecular weight excluding hydrogens is 898 g/mol. The number of esters is 1. The summed E-state index contributed by atoms with van der Waals surface area (Å²) in [5, 5.41) is 8.20. The van der Waals surface area contributed by atoms with E-state index in [0.29, 0.717) is 38.7 Å². The average Bonchev–Trinajstić information content (AvgIpc) is 4.22. The van der Waals surface area contributed by atoms with Crippen molar-refractivity contribution in [2.75, 3.05) is 98.1 Å². The number of amides is 2. The lowest BCUT2D eigenvalue weighted by Gasteiger charge is -2.30. The highest BCUT2D eigenvalue weighted by Gasteiger charge is 2.30. The van der Waals surface area contributed by atoms with Gasteiger partial charge >= 0.3 is 5.97 Å². The van der Waals surface area contributed by atoms with Gasteiger partial charge < -0.3 is 44.3 Å². The Hall–Kier alpha value is -4.72. The maximum absolute atomic E-state index is 11.3. The molecule has 4 aliphatic rings. The lowest BCUT2D eigenvalue weighted by molar-refractivity contribution is -0.131. The van der Waals surface area contributed by atoms with E-state index in [9.17, 15) is 14.4 Å². The lowest BCUT2D eigenvalue weighted by atomic mass is 10.0. The number of ether oxygens (including phenoxy) is 4. The fraction of sp³-hybridized carbons (Fsp3) is 0.500. The molecule has 12 nitrogen and oxygen atoms in total. The van der Waals surface area contributed by atoms with Crippen molar-refractivity contribution >= 4 is 73.1 Å². The summed E-state index contributed by atoms with van der Waals surface area (Å²) in [5.74, 6) is 1.98. The highest BCUT2D eigenvalue weighted by Crippen LogP contribution is 2.35. The molecule has 64 heavy (non-hydrogen) atoms. The van der Waals surface area contributed by atoms with Gasteiger partial charge in [0.05, 0.1) is 19.8 Å². The van der Waals surface area contributed by atoms with E-state index in [1.807, 2.05) is 36.4 Å². The van der Waals surface area contributed by atoms with Gasteiger partial charge in [0.2, 0.25) is 5.91 Å². The number of hydrogen-bond donors (Lipinski definition) is 2. The van der Waals surface area contributed by atoms with Gasteiger partial charge in [-0.25, -0.2) is 0 Å². The van der Waals surface area contributed by atoms with Crippen molar-refractivity contribution in [2.24, 2.45) is 0 Å². The number of alkyl halides is 2. The number of carbonyl (C=O) groups is 3. The number of rotatable bonds is 17. The number of epoxide rings is 1. The third-order valence-electron chi connectivity index (χ3n) is 11.6. The summed E-state index contributed by atoms with van der Waals surface area (Å²) in [5.41, 5.74) is 3.80. The second-order valence-corrected chi connectivity index (χ2v) is 17.2. The molecule has 8 rings (SSSR count). The molecule has 2 N–H and O–H groups in total. The third-order valence-corrected chi connectivity index (χ3v) is 12.3. The van der Waals surface area contributed by atoms with Crippen molar-refractivity contribution in [3.8, 4) is 17.2 Å². The predicted molar refractivity (Wildman–Crippen MR) is 261 cm³/mol. The molecule has 2 amide bonds. The van der Waals surface area contributed by atoms with Crippen LogP contribution in [0, 0.1) is 0 Å². The largest absolute Gasteiger partial charge is 0.494 e. The minimum atomic E-state index is -0.268. The van der Waals surface area contributed by atoms with E-state index in [1.165, 1.54) is 80.2 Å². The third kappa shape index (κ3) is 16.1. The second kappa shape index (κ2) is 26.9. The second-order valence-electron chi connectivity index (χ2n) is 16.4. The monoisotopic (exact) mass is 961 g/mol. The zero-order valence-electron chi connectivity index (χ0n) is 37.1. The van der Waals surface area contributed by atoms with Crippen LogP contribution in [0.25, 0.3) is 10.8 Å². The average molecular weight is 963 g/mol. The smallest absolute Gasteiger partial charge is 0.321 e. The van der Waals surface area contributed by atoms with Crippen LogP contribution in [0.1, 0.15) is 70.6 Å². The number of carbonyl (C=O) groups excluding carboxylic acids is 3. The Morgan fingerprint density at radius 3 is 1.69 bits per heavy atom. The first-order valence-corrected chi connectivity index (χ1v) is 24.8. The van der Waals surface area contributed by atoms with Gasteiger partial charge in [0.25, 0.3) is 5.91 Å². The Morgan fingerprint density at radius 1 is 0.625 bits per heavy atom. The number of fused-ring (bicyclic) bond motifs is 1. The van der Waals surface area contributed by atoms with Gasteiger partial charge in [-0.05, 0) is 131 Å². The van der Waals surface area contributed by atoms with E-state index in [1.54, 1.807) is 0 Å². The van der Waals surface area contributed by atoms with Crippen LogP contribution in [0.3, 0.4) is 0 Å². The van der Waals surface area contributed by atoms with Crippen LogP contribution in [0.15, 0.2) is 84.9 Å². The van der Waals surface area contributed by atoms with E-state index >= 15 is 0 Å². The Labute approximate surface area is 392 Å². The fourth-order valence-corrected chi connectivity index (χ4v) is 8.26. The Kier molecular flexibility index (Phi) is 20.5. The van der Waals surface area contributed by atoms with Gasteiger partial charge in [-0.3, -0.25) is 14.4 Å². The number of nitrogens with zero attached hydrogens (tertiary/aromatic N) is 3. The summed E-state index contributed by atoms with van der Waals surface area (Å²) in [6.07, 6.45) is 13.0. The van der Waals surface area contributed by atoms with E-state index < -0.39 is 0 Å². The number of halogens is 2. The maximum Gasteiger partial charge on any atom is 0.321 e. The number of piperidine rings is 3. The van der Waals surface area contributed by atoms with E-state index in [-0.39, 0.29) is 35.1 Å². The topological polar surface area (TPSA) is 125 Å². The predicted octanol–water partition coefficient (Wildman–Crippen LogP) is 8.89. The number of anilines is 3. The number of nitrogens with one attached hydrogen (secondary N) is 2. The normalized spacial score (nSPS) is 16.9. The lowest BCUT2D eigenvalue weighted by Crippen LogP contribution is -2.29. The molecule has 1 unspecified atom stereocenters. The molecule has 0 spiro atoms. The molecule has 4 saturated heterocycles. The standard InChI is InChI=1S/C20H25ClN2O2.C17H24N2O3.C13H16BrNO2/c21-15-20(24)22-11-6-14-25-19-10-9-18(23-12-4-1-5-13-23)16-7-2-3-8-17(16)19;20-17(16-13-22-16)18-9-4-12-21-15-7-5-14(6-8-15)19-10-2-1-3-11-19;14-10-13(16)17-12-6-4-11(5-7-12)15-8-2-1-3-9-15/h2-3,7-10H,1,4-6,11-15H2,(H,22,24);5-8,16H,1-4,9-13H2,(H,18,20);4-7H,1-3,8-10H2. The molecule has 0 saturated carbocycles. The molecular formula is C50H65BrClN5O7. The molecule has 0 aliphatic carbocycles. The van der Waals surface area contributed by atoms with Crippen molar-refractivity contribution < 1.29 is 33.3 Å². The molecule has 4 aliphatic heterocycles. The molecule has 4 aromatic rings. The Morgan fingerprint density at radius 2 is 1.14 bits per heavy atom. The van der Waals surface area contributed by atoms with Crippen LogP contribution < -0.4 is 39.5 Å². The van der Waals surface area contributed by atoms with Crippen molar-refractivity contribution in [3.05, 3.63) is 84.9 Å². The van der Waals surface area contributed by atoms with Crippen LogP contribution in [-0.2, 0) is 19.1 Å². The Bertz CT molecular complexity index is 2020. The highest BCUT2D eigenvalue weighted by molar-refractivity contribution is 9.09. The molecule has 4 aromatic carbocycles. The molecule has 0 radical (unpaired) electrons. The quantitative estimate of drug-likeness (QED) is 0.0349. The first-order valence-electron chi connectivity index (χ1n) is 23.1. The molecule has 14 heteroatoms. The molecule has 0 bridgehead atoms. The van der Waals surface area contributed by atoms with Gasteiger partial charge in [-0.15, -0.1) is 11.6 Å². The SMILES string of the molecule is O=C(CBr)Oc1ccc(N2CCCCC2)cc1.O=C(CCl)NCCCOc1ccc(N2CCCCC2)c2ccccc12.O=C(NCCCOc1ccc(N2CCCCC2)cc1)C1CO1. The summed E-state index contributed by atoms with van der Waals surface area (Å²) in [6, 6.07) is 28.7. The summed E-state index contributed by atoms with van der Waals surface area (Å²) in [7, 11) is 0. The van der Waals surface area contributed by atoms with Gasteiger partial charge in [0.15, 0.2) is 6.10 Å². The van der Waals surface area contributed by atoms with E-state index in [2.05, 4.69) is 89.8 Å². The summed E-state index contributed by atoms with van der Waals surface area (Å²) in [6.45, 7) is 9.77. The maximum atomic E-state index is 11.3. The zero-order valence-corrected chi connectivity index (χ0v) is 39.4. The molecule has 0 aromatic heterocycles. The summed E-state index contributed by atoms with van der Waals surface area (Å²) >= 11 is 8.52. The number of hydrogen-bond acceptors (Lipinski definition) is 10. The molecule has 1 atom stereocenters. The fourth-order valence-electron chi connectivity index (χ4n) is 8.05. The summed E-state index contributed by atoms with van der Waals surface area (Å²) in [4.78, 5) is 40.8. The molecule has 4 heterocycles. The van der Waals surface area contributed by atoms with Crippen LogP contribution in [0.2, 0.25) is 0 Å². The van der Waals surface area contributed by atoms with Gasteiger partial charge in [-0.2, -0.15) is 0 Å². The number of benzene rings is 4. The summed E-state index contributed by atoms with van der Waals surface area (Å²) < 4.78 is 21.7. The minimum Gasteiger partial charge on any atom is -0.494 e.